The topological polar surface area (TPSA) is 18.5 Å². The molecule has 1 unspecified atom stereocenters. The number of ether oxygens (including phenoxy) is 2. The van der Waals surface area contributed by atoms with Crippen molar-refractivity contribution < 1.29 is 9.47 Å². The van der Waals surface area contributed by atoms with E-state index >= 15 is 0 Å². The van der Waals surface area contributed by atoms with Gasteiger partial charge >= 0.3 is 0 Å². The van der Waals surface area contributed by atoms with Crippen LogP contribution >= 0.6 is 0 Å². The van der Waals surface area contributed by atoms with Gasteiger partial charge in [-0.05, 0) is 53.4 Å². The number of methoxy groups -OCH3 is 1. The van der Waals surface area contributed by atoms with Crippen LogP contribution in [-0.2, 0) is 6.42 Å². The van der Waals surface area contributed by atoms with Crippen molar-refractivity contribution in [3.05, 3.63) is 79.2 Å². The van der Waals surface area contributed by atoms with Crippen LogP contribution < -0.4 is 9.47 Å². The molecule has 1 heterocycles. The number of hydrogen-bond acceptors (Lipinski definition) is 2. The fourth-order valence-corrected chi connectivity index (χ4v) is 3.22. The molecule has 0 aromatic heterocycles. The Morgan fingerprint density at radius 3 is 2.38 bits per heavy atom. The van der Waals surface area contributed by atoms with Crippen LogP contribution in [0.1, 0.15) is 5.56 Å². The zero-order valence-electron chi connectivity index (χ0n) is 13.7. The predicted molar refractivity (Wildman–Crippen MR) is 97.3 cm³/mol. The summed E-state index contributed by atoms with van der Waals surface area (Å²) in [6.45, 7) is 4.07. The first-order chi connectivity index (χ1) is 11.7. The molecule has 0 aliphatic carbocycles. The minimum Gasteiger partial charge on any atom is -0.497 e. The molecule has 3 aromatic carbocycles. The van der Waals surface area contributed by atoms with Crippen LogP contribution in [0.5, 0.6) is 11.5 Å². The van der Waals surface area contributed by atoms with Gasteiger partial charge in [0, 0.05) is 12.0 Å². The second-order valence-corrected chi connectivity index (χ2v) is 6.05. The Morgan fingerprint density at radius 1 is 0.917 bits per heavy atom. The molecule has 1 aliphatic heterocycles. The highest BCUT2D eigenvalue weighted by molar-refractivity contribution is 5.80. The third-order valence-electron chi connectivity index (χ3n) is 4.41. The summed E-state index contributed by atoms with van der Waals surface area (Å²) < 4.78 is 11.3. The lowest BCUT2D eigenvalue weighted by atomic mass is 9.94. The van der Waals surface area contributed by atoms with E-state index in [1.54, 1.807) is 7.11 Å². The minimum absolute atomic E-state index is 0.0250. The monoisotopic (exact) mass is 315 g/mol. The summed E-state index contributed by atoms with van der Waals surface area (Å²) in [4.78, 5) is 0. The highest BCUT2D eigenvalue weighted by Crippen LogP contribution is 2.42. The van der Waals surface area contributed by atoms with Crippen molar-refractivity contribution in [1.29, 1.82) is 0 Å². The van der Waals surface area contributed by atoms with Crippen molar-refractivity contribution in [2.45, 2.75) is 12.5 Å². The molecule has 0 spiro atoms. The summed E-state index contributed by atoms with van der Waals surface area (Å²) in [5.41, 5.74) is 5.88. The third-order valence-corrected chi connectivity index (χ3v) is 4.41. The zero-order valence-corrected chi connectivity index (χ0v) is 13.7. The van der Waals surface area contributed by atoms with E-state index in [1.165, 1.54) is 16.7 Å². The highest BCUT2D eigenvalue weighted by atomic mass is 16.5. The summed E-state index contributed by atoms with van der Waals surface area (Å²) in [5.74, 6) is 1.81. The van der Waals surface area contributed by atoms with E-state index in [0.717, 1.165) is 29.0 Å². The molecular weight excluding hydrogens is 296 g/mol. The molecule has 0 amide bonds. The average Bonchev–Trinajstić information content (AvgIpc) is 3.02. The smallest absolute Gasteiger partial charge is 0.130 e. The number of hydrogen-bond donors (Lipinski definition) is 0. The van der Waals surface area contributed by atoms with Crippen molar-refractivity contribution in [2.24, 2.45) is 0 Å². The van der Waals surface area contributed by atoms with Crippen molar-refractivity contribution in [1.82, 2.24) is 0 Å². The van der Waals surface area contributed by atoms with Gasteiger partial charge in [0.2, 0.25) is 0 Å². The zero-order chi connectivity index (χ0) is 16.5. The lowest BCUT2D eigenvalue weighted by Crippen LogP contribution is -2.06. The standard InChI is InChI=1S/C22H19O2/c1-15-12-19-13-18(16-6-4-3-5-7-16)14-21(22(19)24-15)17-8-10-20(23-2)11-9-17/h3-11,13-15H,1,12H2,2H3. The van der Waals surface area contributed by atoms with Gasteiger partial charge in [-0.1, -0.05) is 42.5 Å². The quantitative estimate of drug-likeness (QED) is 0.664. The second kappa shape index (κ2) is 6.04. The molecule has 1 radical (unpaired) electrons. The fraction of sp³-hybridized carbons (Fsp3) is 0.136. The van der Waals surface area contributed by atoms with Gasteiger partial charge in [-0.2, -0.15) is 0 Å². The molecule has 0 N–H and O–H groups in total. The molecule has 0 fully saturated rings. The Morgan fingerprint density at radius 2 is 1.67 bits per heavy atom. The van der Waals surface area contributed by atoms with E-state index in [0.29, 0.717) is 0 Å². The molecule has 24 heavy (non-hydrogen) atoms. The van der Waals surface area contributed by atoms with Crippen LogP contribution in [0, 0.1) is 6.92 Å². The van der Waals surface area contributed by atoms with E-state index in [9.17, 15) is 0 Å². The summed E-state index contributed by atoms with van der Waals surface area (Å²) >= 11 is 0. The highest BCUT2D eigenvalue weighted by Gasteiger charge is 2.24. The molecule has 1 atom stereocenters. The predicted octanol–water partition coefficient (Wildman–Crippen LogP) is 5.17. The van der Waals surface area contributed by atoms with Gasteiger partial charge in [0.15, 0.2) is 0 Å². The lowest BCUT2D eigenvalue weighted by Gasteiger charge is -2.13. The van der Waals surface area contributed by atoms with Crippen LogP contribution in [0.3, 0.4) is 0 Å². The molecule has 3 aromatic rings. The van der Waals surface area contributed by atoms with Crippen LogP contribution in [0.4, 0.5) is 0 Å². The first-order valence-electron chi connectivity index (χ1n) is 8.11. The Kier molecular flexibility index (Phi) is 3.73. The van der Waals surface area contributed by atoms with Crippen LogP contribution in [-0.4, -0.2) is 13.2 Å². The van der Waals surface area contributed by atoms with Gasteiger partial charge in [0.1, 0.15) is 17.6 Å². The van der Waals surface area contributed by atoms with Crippen LogP contribution in [0.2, 0.25) is 0 Å². The average molecular weight is 315 g/mol. The maximum atomic E-state index is 6.00. The summed E-state index contributed by atoms with van der Waals surface area (Å²) in [7, 11) is 1.68. The SMILES string of the molecule is [CH2]C1Cc2cc(-c3ccccc3)cc(-c3ccc(OC)cc3)c2O1. The van der Waals surface area contributed by atoms with Crippen LogP contribution in [0.25, 0.3) is 22.3 Å². The van der Waals surface area contributed by atoms with Crippen molar-refractivity contribution in [2.75, 3.05) is 7.11 Å². The molecule has 119 valence electrons. The van der Waals surface area contributed by atoms with E-state index in [-0.39, 0.29) is 6.10 Å². The molecule has 2 heteroatoms. The summed E-state index contributed by atoms with van der Waals surface area (Å²) in [6, 6.07) is 23.0. The Labute approximate surface area is 142 Å². The van der Waals surface area contributed by atoms with Crippen LogP contribution in [0.15, 0.2) is 66.7 Å². The summed E-state index contributed by atoms with van der Waals surface area (Å²) in [6.07, 6.45) is 0.821. The molecular formula is C22H19O2. The summed E-state index contributed by atoms with van der Waals surface area (Å²) in [5, 5.41) is 0. The second-order valence-electron chi connectivity index (χ2n) is 6.05. The van der Waals surface area contributed by atoms with E-state index in [4.69, 9.17) is 9.47 Å². The Bertz CT molecular complexity index is 851. The third kappa shape index (κ3) is 2.65. The first-order valence-corrected chi connectivity index (χ1v) is 8.11. The van der Waals surface area contributed by atoms with Gasteiger partial charge in [0.05, 0.1) is 7.11 Å². The largest absolute Gasteiger partial charge is 0.497 e. The Hall–Kier alpha value is -2.74. The van der Waals surface area contributed by atoms with Gasteiger partial charge < -0.3 is 9.47 Å². The fourth-order valence-electron chi connectivity index (χ4n) is 3.22. The maximum Gasteiger partial charge on any atom is 0.130 e. The van der Waals surface area contributed by atoms with Gasteiger partial charge in [-0.25, -0.2) is 0 Å². The molecule has 4 rings (SSSR count). The molecule has 0 bridgehead atoms. The Balaban J connectivity index is 1.87. The number of rotatable bonds is 3. The van der Waals surface area contributed by atoms with E-state index in [2.05, 4.69) is 55.5 Å². The number of fused-ring (bicyclic) bond motifs is 1. The molecule has 0 saturated carbocycles. The van der Waals surface area contributed by atoms with Crippen molar-refractivity contribution in [3.63, 3.8) is 0 Å². The first kappa shape index (κ1) is 14.8. The maximum absolute atomic E-state index is 6.00. The molecule has 0 saturated heterocycles. The molecule has 1 aliphatic rings. The lowest BCUT2D eigenvalue weighted by molar-refractivity contribution is 0.282. The normalized spacial score (nSPS) is 15.7. The van der Waals surface area contributed by atoms with Gasteiger partial charge in [0.25, 0.3) is 0 Å². The van der Waals surface area contributed by atoms with E-state index in [1.807, 2.05) is 18.2 Å². The number of benzene rings is 3. The van der Waals surface area contributed by atoms with E-state index < -0.39 is 0 Å². The van der Waals surface area contributed by atoms with Gasteiger partial charge in [-0.15, -0.1) is 0 Å². The van der Waals surface area contributed by atoms with Crippen molar-refractivity contribution in [3.8, 4) is 33.8 Å². The van der Waals surface area contributed by atoms with Gasteiger partial charge in [-0.3, -0.25) is 0 Å². The van der Waals surface area contributed by atoms with Crippen molar-refractivity contribution >= 4 is 0 Å². The minimum atomic E-state index is -0.0250. The molecule has 2 nitrogen and oxygen atoms in total.